The minimum absolute atomic E-state index is 0.620. The molecule has 0 aliphatic rings. The van der Waals surface area contributed by atoms with E-state index in [1.165, 1.54) is 5.56 Å². The molecule has 2 nitrogen and oxygen atoms in total. The van der Waals surface area contributed by atoms with Crippen LogP contribution in [0, 0.1) is 0 Å². The van der Waals surface area contributed by atoms with Gasteiger partial charge in [0, 0.05) is 37.1 Å². The Bertz CT molecular complexity index is 430. The van der Waals surface area contributed by atoms with Gasteiger partial charge < -0.3 is 4.90 Å². The Labute approximate surface area is 107 Å². The van der Waals surface area contributed by atoms with Gasteiger partial charge in [-0.2, -0.15) is 0 Å². The largest absolute Gasteiger partial charge is 0.366 e. The summed E-state index contributed by atoms with van der Waals surface area (Å²) in [5.74, 6) is 0.620. The molecular formula is C14H15ClN2. The molecule has 88 valence electrons. The summed E-state index contributed by atoms with van der Waals surface area (Å²) in [6, 6.07) is 14.4. The molecule has 1 aromatic heterocycles. The van der Waals surface area contributed by atoms with Crippen LogP contribution in [0.4, 0.5) is 5.69 Å². The fraction of sp³-hybridized carbons (Fsp3) is 0.214. The molecule has 0 spiro atoms. The van der Waals surface area contributed by atoms with Crippen LogP contribution in [-0.2, 0) is 6.54 Å². The molecule has 2 aromatic rings. The van der Waals surface area contributed by atoms with Gasteiger partial charge in [0.15, 0.2) is 0 Å². The second-order valence-corrected chi connectivity index (χ2v) is 4.18. The van der Waals surface area contributed by atoms with Gasteiger partial charge in [0.25, 0.3) is 0 Å². The van der Waals surface area contributed by atoms with E-state index < -0.39 is 0 Å². The van der Waals surface area contributed by atoms with Gasteiger partial charge in [-0.05, 0) is 17.7 Å². The number of hydrogen-bond acceptors (Lipinski definition) is 2. The Morgan fingerprint density at radius 1 is 1.00 bits per heavy atom. The summed E-state index contributed by atoms with van der Waals surface area (Å²) < 4.78 is 0. The van der Waals surface area contributed by atoms with Crippen molar-refractivity contribution in [3.63, 3.8) is 0 Å². The van der Waals surface area contributed by atoms with Crippen LogP contribution >= 0.6 is 11.6 Å². The van der Waals surface area contributed by atoms with E-state index in [0.29, 0.717) is 5.88 Å². The van der Waals surface area contributed by atoms with Gasteiger partial charge >= 0.3 is 0 Å². The van der Waals surface area contributed by atoms with Crippen LogP contribution in [-0.4, -0.2) is 17.4 Å². The smallest absolute Gasteiger partial charge is 0.0429 e. The summed E-state index contributed by atoms with van der Waals surface area (Å²) in [4.78, 5) is 6.29. The molecule has 1 aromatic carbocycles. The molecule has 0 unspecified atom stereocenters. The Morgan fingerprint density at radius 3 is 2.35 bits per heavy atom. The van der Waals surface area contributed by atoms with E-state index >= 15 is 0 Å². The van der Waals surface area contributed by atoms with Crippen molar-refractivity contribution in [2.75, 3.05) is 17.3 Å². The fourth-order valence-corrected chi connectivity index (χ4v) is 1.96. The third-order valence-corrected chi connectivity index (χ3v) is 2.77. The predicted molar refractivity (Wildman–Crippen MR) is 72.4 cm³/mol. The monoisotopic (exact) mass is 246 g/mol. The molecule has 0 saturated carbocycles. The van der Waals surface area contributed by atoms with Crippen LogP contribution in [0.5, 0.6) is 0 Å². The van der Waals surface area contributed by atoms with E-state index in [-0.39, 0.29) is 0 Å². The second kappa shape index (κ2) is 6.26. The van der Waals surface area contributed by atoms with Crippen LogP contribution in [0.2, 0.25) is 0 Å². The molecule has 0 aliphatic heterocycles. The molecule has 0 bridgehead atoms. The van der Waals surface area contributed by atoms with Crippen LogP contribution in [0.1, 0.15) is 5.56 Å². The lowest BCUT2D eigenvalue weighted by Gasteiger charge is -2.23. The van der Waals surface area contributed by atoms with E-state index in [1.807, 2.05) is 30.6 Å². The van der Waals surface area contributed by atoms with Gasteiger partial charge in [0.2, 0.25) is 0 Å². The predicted octanol–water partition coefficient (Wildman–Crippen LogP) is 3.33. The van der Waals surface area contributed by atoms with E-state index in [4.69, 9.17) is 11.6 Å². The van der Waals surface area contributed by atoms with Gasteiger partial charge in [-0.15, -0.1) is 11.6 Å². The van der Waals surface area contributed by atoms with Crippen molar-refractivity contribution in [3.8, 4) is 0 Å². The molecule has 3 heteroatoms. The van der Waals surface area contributed by atoms with Crippen molar-refractivity contribution in [1.29, 1.82) is 0 Å². The van der Waals surface area contributed by atoms with E-state index in [1.54, 1.807) is 0 Å². The summed E-state index contributed by atoms with van der Waals surface area (Å²) in [5.41, 5.74) is 2.44. The zero-order valence-corrected chi connectivity index (χ0v) is 10.3. The maximum atomic E-state index is 5.86. The standard InChI is InChI=1S/C14H15ClN2/c15-8-11-17(14-6-9-16-10-7-14)12-13-4-2-1-3-5-13/h1-7,9-10H,8,11-12H2. The Kier molecular flexibility index (Phi) is 4.39. The first-order chi connectivity index (χ1) is 8.40. The number of rotatable bonds is 5. The number of hydrogen-bond donors (Lipinski definition) is 0. The molecule has 0 aliphatic carbocycles. The van der Waals surface area contributed by atoms with Crippen LogP contribution < -0.4 is 4.90 Å². The fourth-order valence-electron chi connectivity index (χ4n) is 1.76. The van der Waals surface area contributed by atoms with Gasteiger partial charge in [-0.3, -0.25) is 4.98 Å². The maximum absolute atomic E-state index is 5.86. The quantitative estimate of drug-likeness (QED) is 0.753. The zero-order chi connectivity index (χ0) is 11.9. The highest BCUT2D eigenvalue weighted by Crippen LogP contribution is 2.15. The maximum Gasteiger partial charge on any atom is 0.0429 e. The first kappa shape index (κ1) is 11.9. The number of alkyl halides is 1. The number of aromatic nitrogens is 1. The van der Waals surface area contributed by atoms with Crippen LogP contribution in [0.15, 0.2) is 54.9 Å². The van der Waals surface area contributed by atoms with Crippen LogP contribution in [0.3, 0.4) is 0 Å². The molecule has 0 N–H and O–H groups in total. The van der Waals surface area contributed by atoms with Crippen molar-refractivity contribution in [2.24, 2.45) is 0 Å². The lowest BCUT2D eigenvalue weighted by atomic mass is 10.2. The first-order valence-corrected chi connectivity index (χ1v) is 6.18. The summed E-state index contributed by atoms with van der Waals surface area (Å²) >= 11 is 5.86. The Morgan fingerprint density at radius 2 is 1.71 bits per heavy atom. The van der Waals surface area contributed by atoms with Gasteiger partial charge in [0.1, 0.15) is 0 Å². The van der Waals surface area contributed by atoms with Crippen molar-refractivity contribution in [2.45, 2.75) is 6.54 Å². The molecular weight excluding hydrogens is 232 g/mol. The molecule has 17 heavy (non-hydrogen) atoms. The average Bonchev–Trinajstić information content (AvgIpc) is 2.40. The highest BCUT2D eigenvalue weighted by Gasteiger charge is 2.05. The highest BCUT2D eigenvalue weighted by atomic mass is 35.5. The lowest BCUT2D eigenvalue weighted by molar-refractivity contribution is 0.834. The molecule has 1 heterocycles. The summed E-state index contributed by atoms with van der Waals surface area (Å²) in [6.45, 7) is 1.71. The van der Waals surface area contributed by atoms with Crippen LogP contribution in [0.25, 0.3) is 0 Å². The lowest BCUT2D eigenvalue weighted by Crippen LogP contribution is -2.24. The van der Waals surface area contributed by atoms with Crippen molar-refractivity contribution in [3.05, 3.63) is 60.4 Å². The summed E-state index contributed by atoms with van der Waals surface area (Å²) in [6.07, 6.45) is 3.61. The molecule has 0 saturated heterocycles. The minimum Gasteiger partial charge on any atom is -0.366 e. The molecule has 0 atom stereocenters. The van der Waals surface area contributed by atoms with Gasteiger partial charge in [0.05, 0.1) is 0 Å². The number of nitrogens with zero attached hydrogens (tertiary/aromatic N) is 2. The molecule has 0 radical (unpaired) electrons. The zero-order valence-electron chi connectivity index (χ0n) is 9.59. The van der Waals surface area contributed by atoms with E-state index in [0.717, 1.165) is 18.8 Å². The second-order valence-electron chi connectivity index (χ2n) is 3.80. The average molecular weight is 247 g/mol. The molecule has 0 amide bonds. The van der Waals surface area contributed by atoms with E-state index in [9.17, 15) is 0 Å². The molecule has 2 rings (SSSR count). The number of halogens is 1. The van der Waals surface area contributed by atoms with Crippen molar-refractivity contribution in [1.82, 2.24) is 4.98 Å². The SMILES string of the molecule is ClCCN(Cc1ccccc1)c1ccncc1. The van der Waals surface area contributed by atoms with E-state index in [2.05, 4.69) is 34.1 Å². The third-order valence-electron chi connectivity index (χ3n) is 2.60. The first-order valence-electron chi connectivity index (χ1n) is 5.65. The number of anilines is 1. The number of benzene rings is 1. The highest BCUT2D eigenvalue weighted by molar-refractivity contribution is 6.18. The van der Waals surface area contributed by atoms with Gasteiger partial charge in [-0.25, -0.2) is 0 Å². The van der Waals surface area contributed by atoms with Crippen molar-refractivity contribution < 1.29 is 0 Å². The Balaban J connectivity index is 2.13. The summed E-state index contributed by atoms with van der Waals surface area (Å²) in [7, 11) is 0. The third kappa shape index (κ3) is 3.46. The van der Waals surface area contributed by atoms with Gasteiger partial charge in [-0.1, -0.05) is 30.3 Å². The van der Waals surface area contributed by atoms with Crippen molar-refractivity contribution >= 4 is 17.3 Å². The topological polar surface area (TPSA) is 16.1 Å². The normalized spacial score (nSPS) is 10.2. The molecule has 0 fully saturated rings. The number of pyridine rings is 1. The minimum atomic E-state index is 0.620. The summed E-state index contributed by atoms with van der Waals surface area (Å²) in [5, 5.41) is 0. The Hall–Kier alpha value is -1.54.